The van der Waals surface area contributed by atoms with E-state index in [1.807, 2.05) is 5.70 Å². The average Bonchev–Trinajstić information content (AvgIpc) is 2.13. The standard InChI is InChI=1S/C9H20O4SSi/c1-5-12-14(10,11)13-8-7-9-15(3,4)6-2/h6H,2,5,7-9H2,1,3-4H3. The minimum atomic E-state index is -3.77. The maximum atomic E-state index is 11.0. The zero-order chi connectivity index (χ0) is 11.9. The molecule has 15 heavy (non-hydrogen) atoms. The molecule has 0 aromatic carbocycles. The lowest BCUT2D eigenvalue weighted by atomic mass is 10.5. The number of rotatable bonds is 8. The smallest absolute Gasteiger partial charge is 0.248 e. The van der Waals surface area contributed by atoms with E-state index in [1.165, 1.54) is 0 Å². The van der Waals surface area contributed by atoms with E-state index in [-0.39, 0.29) is 13.2 Å². The lowest BCUT2D eigenvalue weighted by Crippen LogP contribution is -2.22. The molecule has 0 aromatic rings. The maximum Gasteiger partial charge on any atom is 0.399 e. The Bertz CT molecular complexity index is 284. The first kappa shape index (κ1) is 14.8. The first-order valence-electron chi connectivity index (χ1n) is 5.00. The number of hydrogen-bond acceptors (Lipinski definition) is 4. The Balaban J connectivity index is 3.77. The third-order valence-corrected chi connectivity index (χ3v) is 5.74. The minimum absolute atomic E-state index is 0.106. The molecule has 0 bridgehead atoms. The fourth-order valence-electron chi connectivity index (χ4n) is 0.969. The third-order valence-electron chi connectivity index (χ3n) is 2.01. The summed E-state index contributed by atoms with van der Waals surface area (Å²) >= 11 is 0. The molecule has 90 valence electrons. The van der Waals surface area contributed by atoms with Crippen molar-refractivity contribution in [1.29, 1.82) is 0 Å². The first-order chi connectivity index (χ1) is 6.83. The van der Waals surface area contributed by atoms with Gasteiger partial charge in [0.1, 0.15) is 0 Å². The third kappa shape index (κ3) is 7.72. The van der Waals surface area contributed by atoms with E-state index in [9.17, 15) is 8.42 Å². The Labute approximate surface area is 93.6 Å². The van der Waals surface area contributed by atoms with Crippen LogP contribution in [0.5, 0.6) is 0 Å². The summed E-state index contributed by atoms with van der Waals surface area (Å²) in [6.45, 7) is 10.0. The molecule has 0 saturated carbocycles. The van der Waals surface area contributed by atoms with Crippen molar-refractivity contribution in [1.82, 2.24) is 0 Å². The second kappa shape index (κ2) is 6.42. The molecule has 0 atom stereocenters. The van der Waals surface area contributed by atoms with Crippen molar-refractivity contribution in [2.75, 3.05) is 13.2 Å². The van der Waals surface area contributed by atoms with Gasteiger partial charge in [0.15, 0.2) is 0 Å². The van der Waals surface area contributed by atoms with Gasteiger partial charge in [-0.1, -0.05) is 19.1 Å². The van der Waals surface area contributed by atoms with E-state index in [4.69, 9.17) is 0 Å². The molecular formula is C9H20O4SSi. The van der Waals surface area contributed by atoms with Gasteiger partial charge in [-0.2, -0.15) is 8.42 Å². The maximum absolute atomic E-state index is 11.0. The molecular weight excluding hydrogens is 232 g/mol. The van der Waals surface area contributed by atoms with Crippen molar-refractivity contribution in [3.05, 3.63) is 12.3 Å². The SMILES string of the molecule is C=C[Si](C)(C)CCCOS(=O)(=O)OCC. The molecule has 0 rings (SSSR count). The van der Waals surface area contributed by atoms with Crippen LogP contribution in [0.15, 0.2) is 12.3 Å². The van der Waals surface area contributed by atoms with Gasteiger partial charge in [0, 0.05) is 0 Å². The predicted molar refractivity (Wildman–Crippen MR) is 63.6 cm³/mol. The van der Waals surface area contributed by atoms with E-state index in [1.54, 1.807) is 6.92 Å². The zero-order valence-corrected chi connectivity index (χ0v) is 11.5. The van der Waals surface area contributed by atoms with Gasteiger partial charge < -0.3 is 0 Å². The highest BCUT2D eigenvalue weighted by Gasteiger charge is 2.16. The fourth-order valence-corrected chi connectivity index (χ4v) is 2.91. The van der Waals surface area contributed by atoms with Crippen LogP contribution in [0.4, 0.5) is 0 Å². The molecule has 0 radical (unpaired) electrons. The van der Waals surface area contributed by atoms with Gasteiger partial charge in [-0.15, -0.1) is 12.3 Å². The summed E-state index contributed by atoms with van der Waals surface area (Å²) in [6.07, 6.45) is 0.720. The van der Waals surface area contributed by atoms with E-state index >= 15 is 0 Å². The minimum Gasteiger partial charge on any atom is -0.248 e. The van der Waals surface area contributed by atoms with Crippen LogP contribution in [0, 0.1) is 0 Å². The van der Waals surface area contributed by atoms with Crippen LogP contribution in [-0.4, -0.2) is 29.7 Å². The molecule has 6 heteroatoms. The Morgan fingerprint density at radius 1 is 1.33 bits per heavy atom. The Morgan fingerprint density at radius 3 is 2.40 bits per heavy atom. The highest BCUT2D eigenvalue weighted by molar-refractivity contribution is 7.81. The summed E-state index contributed by atoms with van der Waals surface area (Å²) in [5.74, 6) is 0. The Morgan fingerprint density at radius 2 is 1.93 bits per heavy atom. The van der Waals surface area contributed by atoms with E-state index in [0.717, 1.165) is 12.5 Å². The predicted octanol–water partition coefficient (Wildman–Crippen LogP) is 2.11. The molecule has 4 nitrogen and oxygen atoms in total. The van der Waals surface area contributed by atoms with Gasteiger partial charge in [0.25, 0.3) is 0 Å². The van der Waals surface area contributed by atoms with Gasteiger partial charge in [-0.25, -0.2) is 8.37 Å². The molecule has 0 N–H and O–H groups in total. The van der Waals surface area contributed by atoms with Gasteiger partial charge in [-0.3, -0.25) is 0 Å². The monoisotopic (exact) mass is 252 g/mol. The molecule has 0 amide bonds. The molecule has 0 spiro atoms. The Hall–Kier alpha value is -0.173. The zero-order valence-electron chi connectivity index (χ0n) is 9.65. The van der Waals surface area contributed by atoms with Crippen LogP contribution in [-0.2, 0) is 18.8 Å². The second-order valence-electron chi connectivity index (χ2n) is 3.93. The van der Waals surface area contributed by atoms with Crippen LogP contribution in [0.2, 0.25) is 19.1 Å². The van der Waals surface area contributed by atoms with Crippen molar-refractivity contribution >= 4 is 18.5 Å². The highest BCUT2D eigenvalue weighted by Crippen LogP contribution is 2.13. The highest BCUT2D eigenvalue weighted by atomic mass is 32.3. The van der Waals surface area contributed by atoms with Gasteiger partial charge in [0.05, 0.1) is 21.3 Å². The van der Waals surface area contributed by atoms with Crippen molar-refractivity contribution < 1.29 is 16.8 Å². The van der Waals surface area contributed by atoms with Gasteiger partial charge in [0.2, 0.25) is 0 Å². The van der Waals surface area contributed by atoms with Crippen LogP contribution >= 0.6 is 0 Å². The summed E-state index contributed by atoms with van der Waals surface area (Å²) in [7, 11) is -5.11. The average molecular weight is 252 g/mol. The summed E-state index contributed by atoms with van der Waals surface area (Å²) < 4.78 is 31.0. The van der Waals surface area contributed by atoms with Gasteiger partial charge in [-0.05, 0) is 13.3 Å². The largest absolute Gasteiger partial charge is 0.399 e. The molecule has 0 unspecified atom stereocenters. The topological polar surface area (TPSA) is 52.6 Å². The van der Waals surface area contributed by atoms with E-state index in [0.29, 0.717) is 0 Å². The summed E-state index contributed by atoms with van der Waals surface area (Å²) in [6, 6.07) is 0.970. The quantitative estimate of drug-likeness (QED) is 0.490. The van der Waals surface area contributed by atoms with Crippen molar-refractivity contribution in [2.24, 2.45) is 0 Å². The normalized spacial score (nSPS) is 12.7. The fraction of sp³-hybridized carbons (Fsp3) is 0.778. The number of hydrogen-bond donors (Lipinski definition) is 0. The molecule has 0 aromatic heterocycles. The summed E-state index contributed by atoms with van der Waals surface area (Å²) in [5, 5.41) is 0. The summed E-state index contributed by atoms with van der Waals surface area (Å²) in [5.41, 5.74) is 1.99. The van der Waals surface area contributed by atoms with Crippen molar-refractivity contribution in [3.8, 4) is 0 Å². The lowest BCUT2D eigenvalue weighted by molar-refractivity contribution is 0.222. The van der Waals surface area contributed by atoms with Crippen LogP contribution < -0.4 is 0 Å². The molecule has 0 aliphatic carbocycles. The lowest BCUT2D eigenvalue weighted by Gasteiger charge is -2.16. The molecule has 0 saturated heterocycles. The van der Waals surface area contributed by atoms with Crippen LogP contribution in [0.3, 0.4) is 0 Å². The molecule has 0 aliphatic heterocycles. The van der Waals surface area contributed by atoms with Crippen LogP contribution in [0.25, 0.3) is 0 Å². The summed E-state index contributed by atoms with van der Waals surface area (Å²) in [4.78, 5) is 0. The van der Waals surface area contributed by atoms with Gasteiger partial charge >= 0.3 is 10.4 Å². The Kier molecular flexibility index (Phi) is 6.34. The van der Waals surface area contributed by atoms with Crippen LogP contribution in [0.1, 0.15) is 13.3 Å². The molecule has 0 fully saturated rings. The molecule has 0 aliphatic rings. The second-order valence-corrected chi connectivity index (χ2v) is 10.1. The van der Waals surface area contributed by atoms with Crippen molar-refractivity contribution in [2.45, 2.75) is 32.5 Å². The van der Waals surface area contributed by atoms with E-state index in [2.05, 4.69) is 28.0 Å². The molecule has 0 heterocycles. The first-order valence-corrected chi connectivity index (χ1v) is 9.62. The van der Waals surface area contributed by atoms with Crippen molar-refractivity contribution in [3.63, 3.8) is 0 Å². The van der Waals surface area contributed by atoms with E-state index < -0.39 is 18.5 Å².